The molecule has 2 fully saturated rings. The predicted molar refractivity (Wildman–Crippen MR) is 119 cm³/mol. The molecule has 0 atom stereocenters. The highest BCUT2D eigenvalue weighted by atomic mass is 32.2. The summed E-state index contributed by atoms with van der Waals surface area (Å²) in [5.74, 6) is 0.183. The van der Waals surface area contributed by atoms with Gasteiger partial charge in [-0.3, -0.25) is 4.40 Å². The van der Waals surface area contributed by atoms with E-state index >= 15 is 0 Å². The highest BCUT2D eigenvalue weighted by Gasteiger charge is 2.47. The number of fused-ring (bicyclic) bond motifs is 1. The van der Waals surface area contributed by atoms with E-state index in [2.05, 4.69) is 19.9 Å². The van der Waals surface area contributed by atoms with Crippen molar-refractivity contribution in [3.05, 3.63) is 23.5 Å². The summed E-state index contributed by atoms with van der Waals surface area (Å²) < 4.78 is 56.5. The van der Waals surface area contributed by atoms with E-state index < -0.39 is 32.6 Å². The number of alkyl halides is 2. The van der Waals surface area contributed by atoms with Crippen molar-refractivity contribution < 1.29 is 22.3 Å². The smallest absolute Gasteiger partial charge is 0.291 e. The lowest BCUT2D eigenvalue weighted by molar-refractivity contribution is 0.0351. The number of imidazole rings is 1. The van der Waals surface area contributed by atoms with Crippen molar-refractivity contribution in [3.8, 4) is 16.9 Å². The maximum Gasteiger partial charge on any atom is 0.291 e. The number of nitriles is 1. The normalized spacial score (nSPS) is 19.5. The molecule has 0 spiro atoms. The third-order valence-corrected chi connectivity index (χ3v) is 8.63. The topological polar surface area (TPSA) is 137 Å². The fourth-order valence-corrected chi connectivity index (χ4v) is 6.02. The van der Waals surface area contributed by atoms with E-state index in [0.717, 1.165) is 0 Å². The lowest BCUT2D eigenvalue weighted by atomic mass is 9.93. The van der Waals surface area contributed by atoms with Gasteiger partial charge in [0, 0.05) is 19.3 Å². The molecular weight excluding hydrogens is 488 g/mol. The van der Waals surface area contributed by atoms with Gasteiger partial charge in [-0.15, -0.1) is 10.2 Å². The lowest BCUT2D eigenvalue weighted by Crippen LogP contribution is -2.42. The van der Waals surface area contributed by atoms with Crippen LogP contribution in [0.1, 0.15) is 44.0 Å². The molecule has 3 aromatic rings. The molecule has 3 aromatic heterocycles. The van der Waals surface area contributed by atoms with Gasteiger partial charge in [0.25, 0.3) is 6.43 Å². The van der Waals surface area contributed by atoms with E-state index in [0.29, 0.717) is 61.3 Å². The Morgan fingerprint density at radius 3 is 2.56 bits per heavy atom. The number of hydrogen-bond donors (Lipinski definition) is 2. The van der Waals surface area contributed by atoms with Crippen LogP contribution in [0.3, 0.4) is 0 Å². The van der Waals surface area contributed by atoms with Crippen molar-refractivity contribution in [2.24, 2.45) is 0 Å². The van der Waals surface area contributed by atoms with Gasteiger partial charge in [0.05, 0.1) is 29.1 Å². The van der Waals surface area contributed by atoms with Crippen LogP contribution in [0, 0.1) is 11.3 Å². The van der Waals surface area contributed by atoms with Crippen LogP contribution < -0.4 is 9.62 Å². The zero-order valence-corrected chi connectivity index (χ0v) is 19.7. The molecule has 0 amide bonds. The van der Waals surface area contributed by atoms with Crippen LogP contribution in [0.25, 0.3) is 16.3 Å². The van der Waals surface area contributed by atoms with Crippen molar-refractivity contribution in [3.63, 3.8) is 0 Å². The zero-order chi connectivity index (χ0) is 24.3. The molecule has 0 aromatic carbocycles. The Morgan fingerprint density at radius 1 is 1.26 bits per heavy atom. The van der Waals surface area contributed by atoms with E-state index in [9.17, 15) is 27.6 Å². The van der Waals surface area contributed by atoms with Crippen molar-refractivity contribution in [1.29, 1.82) is 5.26 Å². The molecule has 14 heteroatoms. The SMILES string of the molecule is CC1(O)CCN(c2cc(S(=O)(=O)NC3(C#N)CC3)cn3c(-c4nnc(C(F)F)s4)ncc23)CC1. The molecule has 1 aliphatic carbocycles. The van der Waals surface area contributed by atoms with Crippen LogP contribution in [-0.4, -0.2) is 57.3 Å². The van der Waals surface area contributed by atoms with Gasteiger partial charge in [-0.1, -0.05) is 11.3 Å². The molecule has 10 nitrogen and oxygen atoms in total. The number of nitrogens with one attached hydrogen (secondary N) is 1. The average molecular weight is 510 g/mol. The number of anilines is 1. The van der Waals surface area contributed by atoms with E-state index in [4.69, 9.17) is 0 Å². The summed E-state index contributed by atoms with van der Waals surface area (Å²) in [6.07, 6.45) is 1.92. The zero-order valence-electron chi connectivity index (χ0n) is 18.1. The molecular formula is C20H21F2N7O3S2. The summed E-state index contributed by atoms with van der Waals surface area (Å²) in [6.45, 7) is 2.72. The number of rotatable bonds is 6. The molecule has 34 heavy (non-hydrogen) atoms. The third kappa shape index (κ3) is 4.13. The van der Waals surface area contributed by atoms with E-state index in [1.807, 2.05) is 11.0 Å². The molecule has 1 saturated carbocycles. The largest absolute Gasteiger partial charge is 0.390 e. The van der Waals surface area contributed by atoms with Gasteiger partial charge in [-0.2, -0.15) is 9.98 Å². The first-order chi connectivity index (χ1) is 16.0. The van der Waals surface area contributed by atoms with E-state index in [1.54, 1.807) is 6.92 Å². The van der Waals surface area contributed by atoms with Crippen molar-refractivity contribution in [2.75, 3.05) is 18.0 Å². The first-order valence-electron chi connectivity index (χ1n) is 10.6. The highest BCUT2D eigenvalue weighted by Crippen LogP contribution is 2.38. The maximum absolute atomic E-state index is 13.2. The molecule has 1 saturated heterocycles. The Morgan fingerprint density at radius 2 is 1.97 bits per heavy atom. The van der Waals surface area contributed by atoms with Crippen molar-refractivity contribution in [1.82, 2.24) is 24.3 Å². The molecule has 0 unspecified atom stereocenters. The number of piperidine rings is 1. The minimum atomic E-state index is -4.08. The predicted octanol–water partition coefficient (Wildman–Crippen LogP) is 2.48. The van der Waals surface area contributed by atoms with Crippen molar-refractivity contribution in [2.45, 2.75) is 55.1 Å². The number of nitrogens with zero attached hydrogens (tertiary/aromatic N) is 6. The van der Waals surface area contributed by atoms with Crippen LogP contribution in [0.5, 0.6) is 0 Å². The van der Waals surface area contributed by atoms with Crippen LogP contribution in [0.15, 0.2) is 23.4 Å². The summed E-state index contributed by atoms with van der Waals surface area (Å²) in [5, 5.41) is 26.7. The lowest BCUT2D eigenvalue weighted by Gasteiger charge is -2.37. The van der Waals surface area contributed by atoms with Gasteiger partial charge in [0.2, 0.25) is 10.0 Å². The standard InChI is InChI=1S/C20H21F2N7O3S2/c1-19(30)4-6-28(7-5-19)13-8-12(34(31,32)27-20(11-23)2-3-20)10-29-14(13)9-24-16(29)18-26-25-17(33-18)15(21)22/h8-10,15,27,30H,2-7H2,1H3. The van der Waals surface area contributed by atoms with Crippen LogP contribution >= 0.6 is 11.3 Å². The molecule has 1 aliphatic heterocycles. The van der Waals surface area contributed by atoms with Gasteiger partial charge in [0.15, 0.2) is 15.8 Å². The summed E-state index contributed by atoms with van der Waals surface area (Å²) in [6, 6.07) is 3.53. The Hall–Kier alpha value is -2.73. The first kappa shape index (κ1) is 23.0. The summed E-state index contributed by atoms with van der Waals surface area (Å²) in [4.78, 5) is 6.20. The second-order valence-corrected chi connectivity index (χ2v) is 11.6. The minimum absolute atomic E-state index is 0.0910. The first-order valence-corrected chi connectivity index (χ1v) is 12.9. The molecule has 4 heterocycles. The molecule has 2 aliphatic rings. The quantitative estimate of drug-likeness (QED) is 0.517. The van der Waals surface area contributed by atoms with Gasteiger partial charge in [-0.05, 0) is 38.7 Å². The summed E-state index contributed by atoms with van der Waals surface area (Å²) in [7, 11) is -4.08. The van der Waals surface area contributed by atoms with Crippen LogP contribution in [0.4, 0.5) is 14.5 Å². The Kier molecular flexibility index (Phi) is 5.36. The number of hydrogen-bond acceptors (Lipinski definition) is 9. The fraction of sp³-hybridized carbons (Fsp3) is 0.500. The molecule has 2 N–H and O–H groups in total. The van der Waals surface area contributed by atoms with Crippen LogP contribution in [0.2, 0.25) is 0 Å². The fourth-order valence-electron chi connectivity index (χ4n) is 3.93. The number of pyridine rings is 1. The molecule has 0 radical (unpaired) electrons. The Labute approximate surface area is 197 Å². The van der Waals surface area contributed by atoms with Crippen LogP contribution in [-0.2, 0) is 10.0 Å². The summed E-state index contributed by atoms with van der Waals surface area (Å²) in [5.41, 5.74) is -0.795. The number of sulfonamides is 1. The maximum atomic E-state index is 13.2. The average Bonchev–Trinajstić information content (AvgIpc) is 3.19. The second kappa shape index (κ2) is 7.91. The molecule has 180 valence electrons. The Balaban J connectivity index is 1.64. The number of aliphatic hydroxyl groups is 1. The molecule has 5 rings (SSSR count). The highest BCUT2D eigenvalue weighted by molar-refractivity contribution is 7.89. The van der Waals surface area contributed by atoms with Gasteiger partial charge < -0.3 is 10.0 Å². The monoisotopic (exact) mass is 509 g/mol. The minimum Gasteiger partial charge on any atom is -0.390 e. The van der Waals surface area contributed by atoms with Gasteiger partial charge in [-0.25, -0.2) is 22.2 Å². The van der Waals surface area contributed by atoms with Crippen molar-refractivity contribution >= 4 is 32.6 Å². The number of aromatic nitrogens is 4. The van der Waals surface area contributed by atoms with Gasteiger partial charge in [0.1, 0.15) is 10.4 Å². The molecule has 0 bridgehead atoms. The second-order valence-electron chi connectivity index (χ2n) is 8.93. The number of halogens is 2. The van der Waals surface area contributed by atoms with E-state index in [1.165, 1.54) is 22.9 Å². The van der Waals surface area contributed by atoms with Gasteiger partial charge >= 0.3 is 0 Å². The summed E-state index contributed by atoms with van der Waals surface area (Å²) >= 11 is 0.681. The van der Waals surface area contributed by atoms with E-state index in [-0.39, 0.29) is 15.7 Å². The Bertz CT molecular complexity index is 1400. The third-order valence-electron chi connectivity index (χ3n) is 6.20.